The van der Waals surface area contributed by atoms with Crippen LogP contribution in [-0.2, 0) is 26.3 Å². The number of fused-ring (bicyclic) bond motifs is 7. The fraction of sp³-hybridized carbons (Fsp3) is 0.400. The molecule has 3 amide bonds. The minimum Gasteiger partial charge on any atom is -0.733 e. The van der Waals surface area contributed by atoms with Crippen molar-refractivity contribution in [3.63, 3.8) is 0 Å². The van der Waals surface area contributed by atoms with Gasteiger partial charge in [0.05, 0.1) is 23.2 Å². The Bertz CT molecular complexity index is 1260. The summed E-state index contributed by atoms with van der Waals surface area (Å²) in [4.78, 5) is 44.7. The molecule has 0 saturated carbocycles. The molecule has 1 spiro atoms. The first-order valence-electron chi connectivity index (χ1n) is 11.7. The second-order valence-electron chi connectivity index (χ2n) is 9.62. The van der Waals surface area contributed by atoms with E-state index >= 15 is 0 Å². The number of nitrogens with one attached hydrogen (secondary N) is 1. The Labute approximate surface area is 196 Å². The summed E-state index contributed by atoms with van der Waals surface area (Å²) < 4.78 is 0. The fourth-order valence-corrected chi connectivity index (χ4v) is 6.67. The molecule has 4 aliphatic heterocycles. The summed E-state index contributed by atoms with van der Waals surface area (Å²) in [6.07, 6.45) is 2.36. The Kier molecular flexibility index (Phi) is 4.45. The number of imide groups is 1. The minimum atomic E-state index is -1.23. The minimum absolute atomic E-state index is 0.0380. The average Bonchev–Trinajstić information content (AvgIpc) is 3.52. The van der Waals surface area contributed by atoms with Crippen LogP contribution in [0.4, 0.5) is 17.1 Å². The Morgan fingerprint density at radius 1 is 1.18 bits per heavy atom. The number of hydrogen-bond donors (Lipinski definition) is 2. The molecule has 0 radical (unpaired) electrons. The zero-order valence-corrected chi connectivity index (χ0v) is 18.9. The monoisotopic (exact) mass is 461 g/mol. The first-order valence-corrected chi connectivity index (χ1v) is 11.7. The number of benzene rings is 2. The van der Waals surface area contributed by atoms with Crippen LogP contribution < -0.4 is 15.4 Å². The maximum absolute atomic E-state index is 14.0. The van der Waals surface area contributed by atoms with Crippen LogP contribution >= 0.6 is 0 Å². The highest BCUT2D eigenvalue weighted by Crippen LogP contribution is 2.60. The topological polar surface area (TPSA) is 116 Å². The highest BCUT2D eigenvalue weighted by atomic mass is 16.8. The van der Waals surface area contributed by atoms with Crippen LogP contribution in [0, 0.1) is 24.0 Å². The predicted octanol–water partition coefficient (Wildman–Crippen LogP) is 2.68. The summed E-state index contributed by atoms with van der Waals surface area (Å²) in [7, 11) is 0. The molecule has 0 bridgehead atoms. The maximum atomic E-state index is 14.0. The molecule has 3 saturated heterocycles. The molecule has 9 nitrogen and oxygen atoms in total. The lowest BCUT2D eigenvalue weighted by Gasteiger charge is -2.37. The van der Waals surface area contributed by atoms with Gasteiger partial charge < -0.3 is 15.8 Å². The first-order chi connectivity index (χ1) is 16.3. The van der Waals surface area contributed by atoms with Gasteiger partial charge in [0, 0.05) is 17.3 Å². The Balaban J connectivity index is 1.53. The Hall–Kier alpha value is -3.27. The van der Waals surface area contributed by atoms with Crippen molar-refractivity contribution in [2.45, 2.75) is 44.7 Å². The van der Waals surface area contributed by atoms with E-state index in [9.17, 15) is 24.8 Å². The third kappa shape index (κ3) is 2.46. The average molecular weight is 461 g/mol. The highest BCUT2D eigenvalue weighted by molar-refractivity contribution is 6.26. The van der Waals surface area contributed by atoms with Gasteiger partial charge in [-0.1, -0.05) is 25.1 Å². The summed E-state index contributed by atoms with van der Waals surface area (Å²) in [6, 6.07) is 10.2. The van der Waals surface area contributed by atoms with E-state index in [-0.39, 0.29) is 34.5 Å². The number of anilines is 3. The van der Waals surface area contributed by atoms with Crippen LogP contribution in [-0.4, -0.2) is 40.4 Å². The summed E-state index contributed by atoms with van der Waals surface area (Å²) in [5.74, 6) is -2.58. The first kappa shape index (κ1) is 21.3. The van der Waals surface area contributed by atoms with Crippen LogP contribution in [0.5, 0.6) is 0 Å². The summed E-state index contributed by atoms with van der Waals surface area (Å²) in [5, 5.41) is 23.8. The van der Waals surface area contributed by atoms with Gasteiger partial charge in [-0.05, 0) is 62.1 Å². The van der Waals surface area contributed by atoms with Gasteiger partial charge in [0.2, 0.25) is 17.7 Å². The molecule has 4 aliphatic rings. The van der Waals surface area contributed by atoms with Gasteiger partial charge in [0.1, 0.15) is 5.54 Å². The Morgan fingerprint density at radius 2 is 1.97 bits per heavy atom. The number of nitrogens with zero attached hydrogens (tertiary/aromatic N) is 3. The molecule has 2 aromatic rings. The molecule has 0 unspecified atom stereocenters. The van der Waals surface area contributed by atoms with Crippen molar-refractivity contribution in [1.29, 1.82) is 0 Å². The molecule has 0 aromatic heterocycles. The zero-order chi connectivity index (χ0) is 23.9. The molecule has 34 heavy (non-hydrogen) atoms. The number of carbonyl (C=O) groups is 3. The molecule has 3 fully saturated rings. The normalized spacial score (nSPS) is 29.6. The Morgan fingerprint density at radius 3 is 2.71 bits per heavy atom. The van der Waals surface area contributed by atoms with Crippen molar-refractivity contribution < 1.29 is 19.6 Å². The van der Waals surface area contributed by atoms with Gasteiger partial charge in [0.15, 0.2) is 0 Å². The van der Waals surface area contributed by atoms with E-state index in [4.69, 9.17) is 0 Å². The van der Waals surface area contributed by atoms with Crippen molar-refractivity contribution in [3.05, 3.63) is 58.3 Å². The summed E-state index contributed by atoms with van der Waals surface area (Å²) in [5.41, 5.74) is 1.98. The SMILES string of the molecule is CCc1ccc2c(c1)[C@@]1(C(=O)N2)[C@H]2C(=O)N(c3ccc(C)c(N([O-])O)c3)C(=O)[C@@H]2[C@H]2CCCN21. The van der Waals surface area contributed by atoms with Crippen molar-refractivity contribution in [2.24, 2.45) is 11.8 Å². The van der Waals surface area contributed by atoms with Crippen molar-refractivity contribution in [1.82, 2.24) is 4.90 Å². The predicted molar refractivity (Wildman–Crippen MR) is 124 cm³/mol. The molecule has 4 heterocycles. The lowest BCUT2D eigenvalue weighted by molar-refractivity contribution is -0.135. The molecule has 2 aromatic carbocycles. The van der Waals surface area contributed by atoms with Crippen LogP contribution in [0.2, 0.25) is 0 Å². The molecule has 176 valence electrons. The highest BCUT2D eigenvalue weighted by Gasteiger charge is 2.74. The van der Waals surface area contributed by atoms with Crippen LogP contribution in [0.25, 0.3) is 0 Å². The molecule has 2 N–H and O–H groups in total. The fourth-order valence-electron chi connectivity index (χ4n) is 6.67. The van der Waals surface area contributed by atoms with E-state index in [2.05, 4.69) is 10.2 Å². The van der Waals surface area contributed by atoms with E-state index in [1.165, 1.54) is 6.07 Å². The second kappa shape index (κ2) is 7.11. The number of aryl methyl sites for hydroxylation is 2. The van der Waals surface area contributed by atoms with Crippen molar-refractivity contribution in [2.75, 3.05) is 22.0 Å². The van der Waals surface area contributed by atoms with E-state index in [1.54, 1.807) is 19.1 Å². The maximum Gasteiger partial charge on any atom is 0.250 e. The quantitative estimate of drug-likeness (QED) is 0.533. The van der Waals surface area contributed by atoms with Crippen molar-refractivity contribution in [3.8, 4) is 0 Å². The third-order valence-electron chi connectivity index (χ3n) is 8.12. The van der Waals surface area contributed by atoms with Gasteiger partial charge in [-0.15, -0.1) is 0 Å². The molecule has 6 rings (SSSR count). The van der Waals surface area contributed by atoms with E-state index < -0.39 is 23.3 Å². The second-order valence-corrected chi connectivity index (χ2v) is 9.62. The number of carbonyl (C=O) groups excluding carboxylic acids is 3. The summed E-state index contributed by atoms with van der Waals surface area (Å²) in [6.45, 7) is 4.33. The van der Waals surface area contributed by atoms with Gasteiger partial charge >= 0.3 is 0 Å². The van der Waals surface area contributed by atoms with Gasteiger partial charge in [-0.25, -0.2) is 4.90 Å². The number of rotatable bonds is 3. The molecular weight excluding hydrogens is 436 g/mol. The number of hydrogen-bond acceptors (Lipinski definition) is 7. The molecule has 0 aliphatic carbocycles. The van der Waals surface area contributed by atoms with Gasteiger partial charge in [-0.3, -0.25) is 24.5 Å². The van der Waals surface area contributed by atoms with Crippen LogP contribution in [0.3, 0.4) is 0 Å². The lowest BCUT2D eigenvalue weighted by Crippen LogP contribution is -2.54. The smallest absolute Gasteiger partial charge is 0.250 e. The van der Waals surface area contributed by atoms with Gasteiger partial charge in [-0.2, -0.15) is 0 Å². The lowest BCUT2D eigenvalue weighted by atomic mass is 9.75. The molecular formula is C25H25N4O5-. The van der Waals surface area contributed by atoms with E-state index in [1.807, 2.05) is 25.1 Å². The number of amides is 3. The molecule has 9 heteroatoms. The van der Waals surface area contributed by atoms with E-state index in [0.29, 0.717) is 17.8 Å². The van der Waals surface area contributed by atoms with Crippen LogP contribution in [0.1, 0.15) is 36.5 Å². The molecule has 4 atom stereocenters. The zero-order valence-electron chi connectivity index (χ0n) is 18.9. The third-order valence-corrected chi connectivity index (χ3v) is 8.12. The summed E-state index contributed by atoms with van der Waals surface area (Å²) >= 11 is 0. The van der Waals surface area contributed by atoms with E-state index in [0.717, 1.165) is 35.3 Å². The van der Waals surface area contributed by atoms with Gasteiger partial charge in [0.25, 0.3) is 0 Å². The largest absolute Gasteiger partial charge is 0.733 e. The van der Waals surface area contributed by atoms with Crippen LogP contribution in [0.15, 0.2) is 36.4 Å². The standard InChI is InChI=1S/C25H25N4O5/c1-3-14-7-9-17-16(11-14)25(24(32)26-17)21-20(18-5-4-10-27(18)25)22(30)28(23(21)31)15-8-6-13(2)19(12-15)29(33)34/h6-9,11-12,18,20-21,33H,3-5,10H2,1-2H3,(H,26,32)/q-1/t18-,20-,21-,25+/m1/s1. The van der Waals surface area contributed by atoms with Crippen molar-refractivity contribution >= 4 is 34.8 Å².